The fraction of sp³-hybridized carbons (Fsp3) is 0.450. The smallest absolute Gasteiger partial charge is 0.250 e. The number of phenols is 1. The minimum atomic E-state index is -1.82. The van der Waals surface area contributed by atoms with Gasteiger partial charge in [0.1, 0.15) is 23.1 Å². The van der Waals surface area contributed by atoms with E-state index in [1.165, 1.54) is 11.1 Å². The van der Waals surface area contributed by atoms with Gasteiger partial charge >= 0.3 is 0 Å². The number of hydrogen-bond acceptors (Lipinski definition) is 8. The van der Waals surface area contributed by atoms with Crippen LogP contribution in [0.5, 0.6) is 11.5 Å². The number of ether oxygens (including phenoxy) is 2. The highest BCUT2D eigenvalue weighted by Gasteiger charge is 2.39. The topological polar surface area (TPSA) is 97.8 Å². The molecule has 0 unspecified atom stereocenters. The Hall–Kier alpha value is -3.92. The van der Waals surface area contributed by atoms with Gasteiger partial charge in [-0.05, 0) is 103 Å². The highest BCUT2D eigenvalue weighted by Crippen LogP contribution is 2.40. The van der Waals surface area contributed by atoms with Gasteiger partial charge in [-0.1, -0.05) is 57.2 Å². The zero-order valence-electron chi connectivity index (χ0n) is 29.9. The molecule has 0 saturated carbocycles. The minimum Gasteiger partial charge on any atom is -0.544 e. The Labute approximate surface area is 293 Å². The first-order valence-corrected chi connectivity index (χ1v) is 20.5. The summed E-state index contributed by atoms with van der Waals surface area (Å²) in [6.45, 7) is 16.2. The van der Waals surface area contributed by atoms with Crippen LogP contribution in [0.15, 0.2) is 97.3 Å². The molecule has 2 aromatic carbocycles. The van der Waals surface area contributed by atoms with Crippen LogP contribution in [0, 0.1) is 0 Å². The highest BCUT2D eigenvalue weighted by molar-refractivity contribution is 6.74. The van der Waals surface area contributed by atoms with Crippen LogP contribution in [0.4, 0.5) is 11.6 Å². The summed E-state index contributed by atoms with van der Waals surface area (Å²) in [6, 6.07) is 28.2. The van der Waals surface area contributed by atoms with Gasteiger partial charge in [-0.3, -0.25) is 0 Å². The van der Waals surface area contributed by atoms with Crippen molar-refractivity contribution in [2.75, 3.05) is 50.2 Å². The van der Waals surface area contributed by atoms with Crippen molar-refractivity contribution in [1.29, 1.82) is 0 Å². The van der Waals surface area contributed by atoms with Crippen LogP contribution in [-0.2, 0) is 20.3 Å². The molecule has 0 amide bonds. The molecular weight excluding hydrogens is 629 g/mol. The molecule has 2 fully saturated rings. The molecule has 262 valence electrons. The molecule has 2 aliphatic heterocycles. The van der Waals surface area contributed by atoms with Crippen molar-refractivity contribution in [3.05, 3.63) is 108 Å². The number of nitrogens with one attached hydrogen (secondary N) is 2. The van der Waals surface area contributed by atoms with Crippen LogP contribution >= 0.6 is 0 Å². The second-order valence-electron chi connectivity index (χ2n) is 14.9. The summed E-state index contributed by atoms with van der Waals surface area (Å²) in [4.78, 5) is 8.73. The summed E-state index contributed by atoms with van der Waals surface area (Å²) in [6.07, 6.45) is 7.57. The van der Waals surface area contributed by atoms with E-state index in [1.807, 2.05) is 54.7 Å². The van der Waals surface area contributed by atoms with Gasteiger partial charge in [0.05, 0.1) is 0 Å². The maximum atomic E-state index is 9.50. The highest BCUT2D eigenvalue weighted by atomic mass is 28.4. The standard InChI is InChI=1S/C23H34N2O2Si.C17H20N2O2/c1-22(2,3)28(4,5)27-20-11-9-19(10-12-20)23(13-16-26-17-14-23)18-25-21-8-6-7-15-24-21;20-15-6-4-14(5-7-15)17(8-11-21-12-9-17)13-19-16-3-1-2-10-18-16/h6-12,15H,13-14,16-18H2,1-5H3,(H,24,25);1-7,10,20H,8-9,11-13H2,(H,18,19). The van der Waals surface area contributed by atoms with Crippen molar-refractivity contribution < 1.29 is 19.0 Å². The van der Waals surface area contributed by atoms with E-state index < -0.39 is 8.32 Å². The van der Waals surface area contributed by atoms with Gasteiger partial charge in [0.15, 0.2) is 0 Å². The molecule has 9 heteroatoms. The summed E-state index contributed by atoms with van der Waals surface area (Å²) < 4.78 is 17.7. The van der Waals surface area contributed by atoms with Gasteiger partial charge < -0.3 is 29.6 Å². The largest absolute Gasteiger partial charge is 0.544 e. The third-order valence-electron chi connectivity index (χ3n) is 10.6. The molecule has 0 atom stereocenters. The maximum Gasteiger partial charge on any atom is 0.250 e. The number of aromatic nitrogens is 2. The molecule has 8 nitrogen and oxygen atoms in total. The van der Waals surface area contributed by atoms with Crippen molar-refractivity contribution in [2.24, 2.45) is 0 Å². The number of anilines is 2. The van der Waals surface area contributed by atoms with Gasteiger partial charge in [-0.25, -0.2) is 9.97 Å². The van der Waals surface area contributed by atoms with E-state index in [1.54, 1.807) is 18.3 Å². The molecule has 3 N–H and O–H groups in total. The lowest BCUT2D eigenvalue weighted by molar-refractivity contribution is 0.0542. The first-order chi connectivity index (χ1) is 23.5. The lowest BCUT2D eigenvalue weighted by atomic mass is 9.74. The molecule has 49 heavy (non-hydrogen) atoms. The van der Waals surface area contributed by atoms with Crippen LogP contribution in [0.1, 0.15) is 57.6 Å². The van der Waals surface area contributed by atoms with E-state index in [0.717, 1.165) is 82.6 Å². The third kappa shape index (κ3) is 9.62. The Kier molecular flexibility index (Phi) is 12.0. The van der Waals surface area contributed by atoms with Crippen molar-refractivity contribution in [3.8, 4) is 11.5 Å². The lowest BCUT2D eigenvalue weighted by Crippen LogP contribution is -2.44. The summed E-state index contributed by atoms with van der Waals surface area (Å²) in [5.74, 6) is 3.10. The van der Waals surface area contributed by atoms with Gasteiger partial charge in [0, 0.05) is 62.7 Å². The fourth-order valence-electron chi connectivity index (χ4n) is 6.25. The molecule has 2 aliphatic rings. The van der Waals surface area contributed by atoms with Gasteiger partial charge in [0.2, 0.25) is 8.32 Å². The van der Waals surface area contributed by atoms with Gasteiger partial charge in [0.25, 0.3) is 0 Å². The first kappa shape index (κ1) is 36.4. The van der Waals surface area contributed by atoms with E-state index in [4.69, 9.17) is 13.9 Å². The number of pyridine rings is 2. The minimum absolute atomic E-state index is 0.0312. The number of aromatic hydroxyl groups is 1. The Balaban J connectivity index is 0.000000199. The molecule has 4 heterocycles. The quantitative estimate of drug-likeness (QED) is 0.143. The molecule has 0 spiro atoms. The Bertz CT molecular complexity index is 1550. The normalized spacial score (nSPS) is 17.2. The van der Waals surface area contributed by atoms with Crippen molar-refractivity contribution in [2.45, 2.75) is 75.4 Å². The van der Waals surface area contributed by atoms with Gasteiger partial charge in [-0.15, -0.1) is 0 Å². The first-order valence-electron chi connectivity index (χ1n) is 17.5. The predicted molar refractivity (Wildman–Crippen MR) is 201 cm³/mol. The summed E-state index contributed by atoms with van der Waals surface area (Å²) in [5.41, 5.74) is 2.68. The van der Waals surface area contributed by atoms with Crippen molar-refractivity contribution in [1.82, 2.24) is 9.97 Å². The Morgan fingerprint density at radius 1 is 0.673 bits per heavy atom. The van der Waals surface area contributed by atoms with Crippen LogP contribution in [0.3, 0.4) is 0 Å². The van der Waals surface area contributed by atoms with Crippen LogP contribution < -0.4 is 15.1 Å². The SMILES string of the molecule is CC(C)(C)[Si](C)(C)Oc1ccc(C2(CNc3ccccn3)CCOCC2)cc1.Oc1ccc(C2(CNc3ccccn3)CCOCC2)cc1. The molecule has 4 aromatic rings. The number of nitrogens with zero attached hydrogens (tertiary/aromatic N) is 2. The van der Waals surface area contributed by atoms with Crippen molar-refractivity contribution in [3.63, 3.8) is 0 Å². The molecular formula is C40H54N4O4Si. The molecule has 2 saturated heterocycles. The van der Waals surface area contributed by atoms with Crippen LogP contribution in [-0.4, -0.2) is 62.9 Å². The fourth-order valence-corrected chi connectivity index (χ4v) is 7.28. The molecule has 6 rings (SSSR count). The second kappa shape index (κ2) is 16.2. The van der Waals surface area contributed by atoms with Crippen LogP contribution in [0.2, 0.25) is 18.1 Å². The average Bonchev–Trinajstić information content (AvgIpc) is 3.12. The van der Waals surface area contributed by atoms with E-state index >= 15 is 0 Å². The van der Waals surface area contributed by atoms with Crippen molar-refractivity contribution >= 4 is 20.0 Å². The van der Waals surface area contributed by atoms with E-state index in [-0.39, 0.29) is 15.9 Å². The third-order valence-corrected chi connectivity index (χ3v) is 14.9. The second-order valence-corrected chi connectivity index (χ2v) is 19.6. The average molecular weight is 683 g/mol. The zero-order chi connectivity index (χ0) is 34.8. The van der Waals surface area contributed by atoms with Gasteiger partial charge in [-0.2, -0.15) is 0 Å². The summed E-state index contributed by atoms with van der Waals surface area (Å²) >= 11 is 0. The maximum absolute atomic E-state index is 9.50. The monoisotopic (exact) mass is 682 g/mol. The number of phenolic OH excluding ortho intramolecular Hbond substituents is 1. The summed E-state index contributed by atoms with van der Waals surface area (Å²) in [5, 5.41) is 16.7. The number of rotatable bonds is 10. The molecule has 0 aliphatic carbocycles. The van der Waals surface area contributed by atoms with Crippen LogP contribution in [0.25, 0.3) is 0 Å². The lowest BCUT2D eigenvalue weighted by Gasteiger charge is -2.39. The molecule has 2 aromatic heterocycles. The number of hydrogen-bond donors (Lipinski definition) is 3. The molecule has 0 bridgehead atoms. The van der Waals surface area contributed by atoms with E-state index in [9.17, 15) is 5.11 Å². The number of benzene rings is 2. The predicted octanol–water partition coefficient (Wildman–Crippen LogP) is 8.57. The van der Waals surface area contributed by atoms with E-state index in [0.29, 0.717) is 5.75 Å². The van der Waals surface area contributed by atoms with E-state index in [2.05, 4.69) is 78.7 Å². The summed E-state index contributed by atoms with van der Waals surface area (Å²) in [7, 11) is -1.82. The zero-order valence-corrected chi connectivity index (χ0v) is 30.9. The Morgan fingerprint density at radius 2 is 1.10 bits per heavy atom. The Morgan fingerprint density at radius 3 is 1.49 bits per heavy atom. The molecule has 0 radical (unpaired) electrons.